The molecule has 0 aliphatic heterocycles. The summed E-state index contributed by atoms with van der Waals surface area (Å²) in [5.41, 5.74) is 1.97. The lowest BCUT2D eigenvalue weighted by atomic mass is 10.3. The second-order valence-electron chi connectivity index (χ2n) is 2.33. The van der Waals surface area contributed by atoms with Crippen molar-refractivity contribution in [1.82, 2.24) is 5.48 Å². The van der Waals surface area contributed by atoms with Crippen LogP contribution in [0, 0.1) is 0 Å². The van der Waals surface area contributed by atoms with Crippen molar-refractivity contribution in [2.45, 2.75) is 0 Å². The van der Waals surface area contributed by atoms with E-state index in [0.717, 1.165) is 0 Å². The van der Waals surface area contributed by atoms with Gasteiger partial charge in [-0.05, 0) is 12.1 Å². The highest BCUT2D eigenvalue weighted by Gasteiger charge is 2.01. The number of rotatable bonds is 4. The highest BCUT2D eigenvalue weighted by atomic mass is 35.5. The van der Waals surface area contributed by atoms with E-state index in [1.807, 2.05) is 5.48 Å². The number of benzene rings is 1. The van der Waals surface area contributed by atoms with Gasteiger partial charge in [-0.1, -0.05) is 23.2 Å². The van der Waals surface area contributed by atoms with Crippen LogP contribution in [0.15, 0.2) is 18.2 Å². The first-order valence-electron chi connectivity index (χ1n) is 3.69. The van der Waals surface area contributed by atoms with Gasteiger partial charge < -0.3 is 9.94 Å². The van der Waals surface area contributed by atoms with Crippen LogP contribution < -0.4 is 10.2 Å². The molecule has 0 spiro atoms. The molecule has 13 heavy (non-hydrogen) atoms. The average molecular weight is 222 g/mol. The normalized spacial score (nSPS) is 10.1. The molecular formula is C8H9Cl2NO2. The van der Waals surface area contributed by atoms with E-state index in [1.54, 1.807) is 18.2 Å². The zero-order valence-electron chi connectivity index (χ0n) is 6.76. The van der Waals surface area contributed by atoms with Crippen molar-refractivity contribution in [2.75, 3.05) is 13.2 Å². The summed E-state index contributed by atoms with van der Waals surface area (Å²) in [5, 5.41) is 9.35. The Morgan fingerprint density at radius 1 is 1.38 bits per heavy atom. The molecule has 3 nitrogen and oxygen atoms in total. The van der Waals surface area contributed by atoms with E-state index >= 15 is 0 Å². The van der Waals surface area contributed by atoms with Crippen LogP contribution >= 0.6 is 23.2 Å². The lowest BCUT2D eigenvalue weighted by Crippen LogP contribution is -2.16. The zero-order chi connectivity index (χ0) is 9.68. The van der Waals surface area contributed by atoms with Crippen molar-refractivity contribution < 1.29 is 9.94 Å². The Balaban J connectivity index is 2.59. The molecule has 5 heteroatoms. The van der Waals surface area contributed by atoms with Crippen molar-refractivity contribution in [3.63, 3.8) is 0 Å². The molecule has 0 aliphatic rings. The first-order chi connectivity index (χ1) is 6.24. The second-order valence-corrected chi connectivity index (χ2v) is 3.17. The Morgan fingerprint density at radius 2 is 2.15 bits per heavy atom. The molecule has 1 aromatic carbocycles. The van der Waals surface area contributed by atoms with E-state index in [2.05, 4.69) is 0 Å². The van der Waals surface area contributed by atoms with Crippen LogP contribution in [-0.2, 0) is 0 Å². The minimum atomic E-state index is 0.330. The first-order valence-corrected chi connectivity index (χ1v) is 4.44. The third-order valence-corrected chi connectivity index (χ3v) is 1.91. The Kier molecular flexibility index (Phi) is 4.32. The summed E-state index contributed by atoms with van der Waals surface area (Å²) in [4.78, 5) is 0. The first kappa shape index (κ1) is 10.6. The molecule has 1 rings (SSSR count). The van der Waals surface area contributed by atoms with Gasteiger partial charge in [-0.2, -0.15) is 0 Å². The quantitative estimate of drug-likeness (QED) is 0.606. The van der Waals surface area contributed by atoms with E-state index in [9.17, 15) is 0 Å². The summed E-state index contributed by atoms with van der Waals surface area (Å²) >= 11 is 11.5. The van der Waals surface area contributed by atoms with Crippen LogP contribution in [0.1, 0.15) is 0 Å². The average Bonchev–Trinajstić information content (AvgIpc) is 2.11. The highest BCUT2D eigenvalue weighted by Crippen LogP contribution is 2.27. The zero-order valence-corrected chi connectivity index (χ0v) is 8.27. The number of halogens is 2. The SMILES string of the molecule is ONCCOc1cc(Cl)ccc1Cl. The molecular weight excluding hydrogens is 213 g/mol. The minimum Gasteiger partial charge on any atom is -0.491 e. The molecule has 72 valence electrons. The number of hydrogen-bond donors (Lipinski definition) is 2. The van der Waals surface area contributed by atoms with Gasteiger partial charge in [0.15, 0.2) is 0 Å². The maximum Gasteiger partial charge on any atom is 0.139 e. The van der Waals surface area contributed by atoms with Crippen molar-refractivity contribution in [3.8, 4) is 5.75 Å². The molecule has 0 heterocycles. The molecule has 0 aliphatic carbocycles. The summed E-state index contributed by atoms with van der Waals surface area (Å²) in [7, 11) is 0. The van der Waals surface area contributed by atoms with E-state index in [-0.39, 0.29) is 0 Å². The summed E-state index contributed by atoms with van der Waals surface area (Å²) in [6.45, 7) is 0.666. The van der Waals surface area contributed by atoms with Gasteiger partial charge in [0, 0.05) is 11.1 Å². The standard InChI is InChI=1S/C8H9Cl2NO2/c9-6-1-2-7(10)8(5-6)13-4-3-11-12/h1-2,5,11-12H,3-4H2. The maximum atomic E-state index is 8.28. The summed E-state index contributed by atoms with van der Waals surface area (Å²) in [6.07, 6.45) is 0. The van der Waals surface area contributed by atoms with Gasteiger partial charge in [0.2, 0.25) is 0 Å². The predicted octanol–water partition coefficient (Wildman–Crippen LogP) is 2.35. The van der Waals surface area contributed by atoms with E-state index in [1.165, 1.54) is 0 Å². The maximum absolute atomic E-state index is 8.28. The van der Waals surface area contributed by atoms with Gasteiger partial charge in [-0.15, -0.1) is 0 Å². The van der Waals surface area contributed by atoms with Crippen LogP contribution in [0.3, 0.4) is 0 Å². The van der Waals surface area contributed by atoms with Gasteiger partial charge in [-0.3, -0.25) is 0 Å². The van der Waals surface area contributed by atoms with Gasteiger partial charge >= 0.3 is 0 Å². The Morgan fingerprint density at radius 3 is 2.85 bits per heavy atom. The van der Waals surface area contributed by atoms with Crippen LogP contribution in [0.25, 0.3) is 0 Å². The van der Waals surface area contributed by atoms with Gasteiger partial charge in [-0.25, -0.2) is 5.48 Å². The minimum absolute atomic E-state index is 0.330. The highest BCUT2D eigenvalue weighted by molar-refractivity contribution is 6.34. The molecule has 0 fully saturated rings. The molecule has 0 bridgehead atoms. The van der Waals surface area contributed by atoms with Gasteiger partial charge in [0.1, 0.15) is 12.4 Å². The summed E-state index contributed by atoms with van der Waals surface area (Å²) < 4.78 is 5.22. The van der Waals surface area contributed by atoms with E-state index in [4.69, 9.17) is 33.1 Å². The molecule has 0 radical (unpaired) electrons. The number of hydrogen-bond acceptors (Lipinski definition) is 3. The number of nitrogens with one attached hydrogen (secondary N) is 1. The fourth-order valence-electron chi connectivity index (χ4n) is 0.794. The smallest absolute Gasteiger partial charge is 0.139 e. The van der Waals surface area contributed by atoms with E-state index in [0.29, 0.717) is 28.9 Å². The number of hydroxylamine groups is 1. The Hall–Kier alpha value is -0.480. The van der Waals surface area contributed by atoms with E-state index < -0.39 is 0 Å². The lowest BCUT2D eigenvalue weighted by molar-refractivity contribution is 0.145. The Labute approximate surface area is 86.2 Å². The van der Waals surface area contributed by atoms with Crippen molar-refractivity contribution in [2.24, 2.45) is 0 Å². The van der Waals surface area contributed by atoms with Gasteiger partial charge in [0.25, 0.3) is 0 Å². The van der Waals surface area contributed by atoms with Crippen LogP contribution in [0.2, 0.25) is 10.0 Å². The van der Waals surface area contributed by atoms with Crippen molar-refractivity contribution in [3.05, 3.63) is 28.2 Å². The second kappa shape index (κ2) is 5.29. The largest absolute Gasteiger partial charge is 0.491 e. The molecule has 0 atom stereocenters. The molecule has 0 aromatic heterocycles. The molecule has 0 saturated carbocycles. The molecule has 0 amide bonds. The lowest BCUT2D eigenvalue weighted by Gasteiger charge is -2.07. The fourth-order valence-corrected chi connectivity index (χ4v) is 1.13. The third kappa shape index (κ3) is 3.40. The molecule has 0 saturated heterocycles. The molecule has 1 aromatic rings. The topological polar surface area (TPSA) is 41.5 Å². The van der Waals surface area contributed by atoms with Crippen molar-refractivity contribution >= 4 is 23.2 Å². The van der Waals surface area contributed by atoms with Crippen LogP contribution in [0.5, 0.6) is 5.75 Å². The number of ether oxygens (including phenoxy) is 1. The van der Waals surface area contributed by atoms with Gasteiger partial charge in [0.05, 0.1) is 11.6 Å². The molecule has 2 N–H and O–H groups in total. The van der Waals surface area contributed by atoms with Crippen molar-refractivity contribution in [1.29, 1.82) is 0 Å². The van der Waals surface area contributed by atoms with Crippen LogP contribution in [0.4, 0.5) is 0 Å². The molecule has 0 unspecified atom stereocenters. The summed E-state index contributed by atoms with van der Waals surface area (Å²) in [5.74, 6) is 0.518. The van der Waals surface area contributed by atoms with Crippen LogP contribution in [-0.4, -0.2) is 18.4 Å². The fraction of sp³-hybridized carbons (Fsp3) is 0.250. The monoisotopic (exact) mass is 221 g/mol. The summed E-state index contributed by atoms with van der Waals surface area (Å²) in [6, 6.07) is 4.97. The Bertz CT molecular complexity index is 281. The predicted molar refractivity (Wildman–Crippen MR) is 51.7 cm³/mol. The third-order valence-electron chi connectivity index (χ3n) is 1.36.